The molecule has 3 aromatic rings. The van der Waals surface area contributed by atoms with E-state index in [0.717, 1.165) is 22.6 Å². The maximum atomic E-state index is 12.8. The molecule has 4 nitrogen and oxygen atoms in total. The predicted molar refractivity (Wildman–Crippen MR) is 79.3 cm³/mol. The van der Waals surface area contributed by atoms with Crippen LogP contribution in [0, 0.1) is 6.92 Å². The summed E-state index contributed by atoms with van der Waals surface area (Å²) in [5, 5.41) is 0.675. The molecule has 100 valence electrons. The Morgan fingerprint density at radius 2 is 2.05 bits per heavy atom. The van der Waals surface area contributed by atoms with Crippen LogP contribution in [0.4, 0.5) is 0 Å². The highest BCUT2D eigenvalue weighted by atomic mass is 16.1. The topological polar surface area (TPSA) is 47.8 Å². The van der Waals surface area contributed by atoms with E-state index in [2.05, 4.69) is 9.97 Å². The summed E-state index contributed by atoms with van der Waals surface area (Å²) in [7, 11) is 0. The molecule has 20 heavy (non-hydrogen) atoms. The van der Waals surface area contributed by atoms with Gasteiger partial charge in [-0.15, -0.1) is 0 Å². The summed E-state index contributed by atoms with van der Waals surface area (Å²) in [5.74, 6) is 0.751. The van der Waals surface area contributed by atoms with Crippen molar-refractivity contribution in [2.45, 2.75) is 20.3 Å². The highest BCUT2D eigenvalue weighted by Crippen LogP contribution is 2.15. The average molecular weight is 265 g/mol. The third-order valence-corrected chi connectivity index (χ3v) is 3.40. The predicted octanol–water partition coefficient (Wildman–Crippen LogP) is 2.65. The monoisotopic (exact) mass is 265 g/mol. The van der Waals surface area contributed by atoms with Crippen LogP contribution in [0.5, 0.6) is 0 Å². The number of hydrogen-bond donors (Lipinski definition) is 0. The van der Waals surface area contributed by atoms with Gasteiger partial charge in [0.1, 0.15) is 5.82 Å². The first-order valence-corrected chi connectivity index (χ1v) is 6.64. The fraction of sp³-hybridized carbons (Fsp3) is 0.188. The molecule has 0 amide bonds. The Hall–Kier alpha value is -2.49. The second-order valence-corrected chi connectivity index (χ2v) is 4.70. The molecule has 4 heteroatoms. The van der Waals surface area contributed by atoms with Crippen LogP contribution in [0.3, 0.4) is 0 Å². The van der Waals surface area contributed by atoms with E-state index in [1.54, 1.807) is 17.0 Å². The number of nitrogens with zero attached hydrogens (tertiary/aromatic N) is 3. The second-order valence-electron chi connectivity index (χ2n) is 4.70. The molecule has 0 atom stereocenters. The van der Waals surface area contributed by atoms with Crippen LogP contribution in [0.25, 0.3) is 16.6 Å². The first kappa shape index (κ1) is 12.5. The van der Waals surface area contributed by atoms with Crippen molar-refractivity contribution in [1.82, 2.24) is 14.5 Å². The molecule has 1 aromatic carbocycles. The Bertz CT molecular complexity index is 822. The Kier molecular flexibility index (Phi) is 3.06. The largest absolute Gasteiger partial charge is 0.268 e. The van der Waals surface area contributed by atoms with E-state index in [4.69, 9.17) is 0 Å². The molecule has 0 saturated carbocycles. The fourth-order valence-electron chi connectivity index (χ4n) is 2.43. The van der Waals surface area contributed by atoms with Gasteiger partial charge in [0, 0.05) is 12.6 Å². The third kappa shape index (κ3) is 1.90. The molecule has 2 heterocycles. The first-order valence-electron chi connectivity index (χ1n) is 6.64. The minimum Gasteiger partial charge on any atom is -0.268 e. The maximum absolute atomic E-state index is 12.8. The zero-order valence-electron chi connectivity index (χ0n) is 11.5. The van der Waals surface area contributed by atoms with Gasteiger partial charge in [0.2, 0.25) is 0 Å². The van der Waals surface area contributed by atoms with Crippen LogP contribution in [0.15, 0.2) is 47.5 Å². The molecule has 0 fully saturated rings. The van der Waals surface area contributed by atoms with Gasteiger partial charge in [0.15, 0.2) is 0 Å². The van der Waals surface area contributed by atoms with E-state index in [1.165, 1.54) is 0 Å². The number of fused-ring (bicyclic) bond motifs is 1. The van der Waals surface area contributed by atoms with Crippen molar-refractivity contribution in [3.05, 3.63) is 64.5 Å². The van der Waals surface area contributed by atoms with Crippen LogP contribution in [-0.4, -0.2) is 14.5 Å². The zero-order valence-corrected chi connectivity index (χ0v) is 11.5. The molecule has 0 aliphatic heterocycles. The molecule has 0 aliphatic rings. The van der Waals surface area contributed by atoms with E-state index in [1.807, 2.05) is 44.2 Å². The Morgan fingerprint density at radius 3 is 2.75 bits per heavy atom. The molecule has 3 rings (SSSR count). The number of rotatable bonds is 2. The van der Waals surface area contributed by atoms with Crippen molar-refractivity contribution in [3.63, 3.8) is 0 Å². The molecule has 0 radical (unpaired) electrons. The molecule has 0 aliphatic carbocycles. The SMILES string of the molecule is CCc1nc2cccc(C)c2c(=O)n1-c1cccnc1. The standard InChI is InChI=1S/C16H15N3O/c1-3-14-18-13-8-4-6-11(2)15(13)16(20)19(14)12-7-5-9-17-10-12/h4-10H,3H2,1-2H3. The molecule has 0 unspecified atom stereocenters. The molecular weight excluding hydrogens is 250 g/mol. The van der Waals surface area contributed by atoms with Gasteiger partial charge >= 0.3 is 0 Å². The summed E-state index contributed by atoms with van der Waals surface area (Å²) in [5.41, 5.74) is 2.43. The van der Waals surface area contributed by atoms with Gasteiger partial charge in [-0.25, -0.2) is 4.98 Å². The molecule has 2 aromatic heterocycles. The number of aryl methyl sites for hydroxylation is 2. The van der Waals surface area contributed by atoms with Gasteiger partial charge in [0.05, 0.1) is 22.8 Å². The lowest BCUT2D eigenvalue weighted by Crippen LogP contribution is -2.24. The first-order chi connectivity index (χ1) is 9.72. The van der Waals surface area contributed by atoms with Crippen molar-refractivity contribution in [2.75, 3.05) is 0 Å². The van der Waals surface area contributed by atoms with Crippen molar-refractivity contribution < 1.29 is 0 Å². The maximum Gasteiger partial charge on any atom is 0.266 e. The van der Waals surface area contributed by atoms with Crippen molar-refractivity contribution >= 4 is 10.9 Å². The minimum atomic E-state index is -0.0297. The number of pyridine rings is 1. The average Bonchev–Trinajstić information content (AvgIpc) is 2.47. The van der Waals surface area contributed by atoms with Gasteiger partial charge in [-0.3, -0.25) is 14.3 Å². The van der Waals surface area contributed by atoms with Crippen LogP contribution in [0.2, 0.25) is 0 Å². The highest BCUT2D eigenvalue weighted by molar-refractivity contribution is 5.81. The Labute approximate surface area is 116 Å². The summed E-state index contributed by atoms with van der Waals surface area (Å²) in [6, 6.07) is 9.45. The lowest BCUT2D eigenvalue weighted by atomic mass is 10.1. The smallest absolute Gasteiger partial charge is 0.266 e. The van der Waals surface area contributed by atoms with Crippen molar-refractivity contribution in [1.29, 1.82) is 0 Å². The lowest BCUT2D eigenvalue weighted by molar-refractivity contribution is 0.829. The quantitative estimate of drug-likeness (QED) is 0.715. The Balaban J connectivity index is 2.45. The number of benzene rings is 1. The minimum absolute atomic E-state index is 0.0297. The van der Waals surface area contributed by atoms with Crippen LogP contribution in [-0.2, 0) is 6.42 Å². The van der Waals surface area contributed by atoms with Crippen molar-refractivity contribution in [2.24, 2.45) is 0 Å². The second kappa shape index (κ2) is 4.89. The van der Waals surface area contributed by atoms with E-state index >= 15 is 0 Å². The summed E-state index contributed by atoms with van der Waals surface area (Å²) >= 11 is 0. The highest BCUT2D eigenvalue weighted by Gasteiger charge is 2.12. The van der Waals surface area contributed by atoms with Gasteiger partial charge in [-0.1, -0.05) is 19.1 Å². The number of hydrogen-bond acceptors (Lipinski definition) is 3. The van der Waals surface area contributed by atoms with Crippen LogP contribution in [0.1, 0.15) is 18.3 Å². The zero-order chi connectivity index (χ0) is 14.1. The fourth-order valence-corrected chi connectivity index (χ4v) is 2.43. The summed E-state index contributed by atoms with van der Waals surface area (Å²) in [6.45, 7) is 3.93. The summed E-state index contributed by atoms with van der Waals surface area (Å²) in [4.78, 5) is 21.5. The van der Waals surface area contributed by atoms with E-state index in [9.17, 15) is 4.79 Å². The van der Waals surface area contributed by atoms with Crippen LogP contribution < -0.4 is 5.56 Å². The van der Waals surface area contributed by atoms with E-state index < -0.39 is 0 Å². The van der Waals surface area contributed by atoms with E-state index in [0.29, 0.717) is 11.8 Å². The molecular formula is C16H15N3O. The lowest BCUT2D eigenvalue weighted by Gasteiger charge is -2.12. The molecule has 0 bridgehead atoms. The molecule has 0 saturated heterocycles. The van der Waals surface area contributed by atoms with Crippen molar-refractivity contribution in [3.8, 4) is 5.69 Å². The van der Waals surface area contributed by atoms with Gasteiger partial charge in [-0.05, 0) is 30.7 Å². The summed E-state index contributed by atoms with van der Waals surface area (Å²) < 4.78 is 1.66. The van der Waals surface area contributed by atoms with Crippen LogP contribution >= 0.6 is 0 Å². The van der Waals surface area contributed by atoms with Gasteiger partial charge < -0.3 is 0 Å². The van der Waals surface area contributed by atoms with Gasteiger partial charge in [0.25, 0.3) is 5.56 Å². The van der Waals surface area contributed by atoms with Gasteiger partial charge in [-0.2, -0.15) is 0 Å². The Morgan fingerprint density at radius 1 is 1.20 bits per heavy atom. The summed E-state index contributed by atoms with van der Waals surface area (Å²) in [6.07, 6.45) is 4.07. The number of aromatic nitrogens is 3. The normalized spacial score (nSPS) is 10.9. The third-order valence-electron chi connectivity index (χ3n) is 3.40. The molecule has 0 N–H and O–H groups in total. The molecule has 0 spiro atoms. The van der Waals surface area contributed by atoms with E-state index in [-0.39, 0.29) is 5.56 Å².